The first-order valence-electron chi connectivity index (χ1n) is 32.4. The first-order chi connectivity index (χ1) is 42.5. The molecule has 510 valence electrons. The molecule has 2 saturated carbocycles. The van der Waals surface area contributed by atoms with E-state index < -0.39 is 161 Å². The highest BCUT2D eigenvalue weighted by atomic mass is 35.5. The summed E-state index contributed by atoms with van der Waals surface area (Å²) in [5, 5.41) is 8.10. The summed E-state index contributed by atoms with van der Waals surface area (Å²) in [6.45, 7) is 11.1. The molecule has 2 aliphatic carbocycles. The van der Waals surface area contributed by atoms with Crippen LogP contribution >= 0.6 is 11.6 Å². The highest BCUT2D eigenvalue weighted by Crippen LogP contribution is 2.37. The van der Waals surface area contributed by atoms with Crippen LogP contribution in [0.15, 0.2) is 18.2 Å². The average Bonchev–Trinajstić information content (AvgIpc) is 1.76. The van der Waals surface area contributed by atoms with E-state index >= 15 is 9.59 Å². The van der Waals surface area contributed by atoms with Crippen LogP contribution in [0.3, 0.4) is 0 Å². The Balaban J connectivity index is 1.56. The molecule has 0 radical (unpaired) electrons. The van der Waals surface area contributed by atoms with Crippen LogP contribution in [0.2, 0.25) is 5.02 Å². The molecule has 22 nitrogen and oxygen atoms in total. The second-order valence-corrected chi connectivity index (χ2v) is 27.4. The highest BCUT2D eigenvalue weighted by Gasteiger charge is 2.50. The summed E-state index contributed by atoms with van der Waals surface area (Å²) in [4.78, 5) is 170. The van der Waals surface area contributed by atoms with Gasteiger partial charge in [0.05, 0.1) is 30.2 Å². The molecule has 5 rings (SSSR count). The molecule has 0 bridgehead atoms. The number of halogens is 4. The van der Waals surface area contributed by atoms with Crippen LogP contribution in [0.25, 0.3) is 0 Å². The Bertz CT molecular complexity index is 2790. The summed E-state index contributed by atoms with van der Waals surface area (Å²) in [6.07, 6.45) is 2.10. The monoisotopic (exact) mass is 1300 g/mol. The zero-order valence-corrected chi connectivity index (χ0v) is 56.8. The lowest BCUT2D eigenvalue weighted by Gasteiger charge is -2.41. The van der Waals surface area contributed by atoms with E-state index in [2.05, 4.69) is 16.0 Å². The van der Waals surface area contributed by atoms with Crippen molar-refractivity contribution in [2.24, 2.45) is 23.7 Å². The number of hydrogen-bond acceptors (Lipinski definition) is 11. The molecule has 11 amide bonds. The van der Waals surface area contributed by atoms with Crippen LogP contribution in [0.5, 0.6) is 0 Å². The fraction of sp³-hybridized carbons (Fsp3) is 0.738. The van der Waals surface area contributed by atoms with Crippen LogP contribution in [0.4, 0.5) is 13.2 Å². The maximum Gasteiger partial charge on any atom is 0.417 e. The predicted octanol–water partition coefficient (Wildman–Crippen LogP) is 5.51. The molecule has 2 saturated heterocycles. The molecule has 2 aliphatic heterocycles. The van der Waals surface area contributed by atoms with Gasteiger partial charge in [-0.2, -0.15) is 13.2 Å². The molecule has 0 aromatic heterocycles. The Kier molecular flexibility index (Phi) is 27.1. The Labute approximate surface area is 540 Å². The number of nitrogens with one attached hydrogen (secondary N) is 3. The molecule has 26 heteroatoms. The Hall–Kier alpha value is -6.53. The molecule has 91 heavy (non-hydrogen) atoms. The minimum atomic E-state index is -4.74. The number of carbonyl (C=O) groups is 11. The van der Waals surface area contributed by atoms with Gasteiger partial charge in [0.15, 0.2) is 0 Å². The van der Waals surface area contributed by atoms with E-state index in [0.29, 0.717) is 31.2 Å². The zero-order valence-electron chi connectivity index (χ0n) is 56.0. The predicted molar refractivity (Wildman–Crippen MR) is 337 cm³/mol. The summed E-state index contributed by atoms with van der Waals surface area (Å²) in [6, 6.07) is -4.52. The third kappa shape index (κ3) is 19.3. The first-order valence-corrected chi connectivity index (χ1v) is 32.8. The third-order valence-corrected chi connectivity index (χ3v) is 19.5. The van der Waals surface area contributed by atoms with Crippen LogP contribution in [-0.2, 0) is 65.3 Å². The van der Waals surface area contributed by atoms with Gasteiger partial charge in [0.2, 0.25) is 65.0 Å². The largest absolute Gasteiger partial charge is 0.417 e. The molecule has 0 unspecified atom stereocenters. The van der Waals surface area contributed by atoms with Crippen molar-refractivity contribution in [2.75, 3.05) is 75.5 Å². The number of amides is 11. The quantitative estimate of drug-likeness (QED) is 0.264. The van der Waals surface area contributed by atoms with Crippen molar-refractivity contribution in [1.29, 1.82) is 0 Å². The van der Waals surface area contributed by atoms with Gasteiger partial charge in [-0.1, -0.05) is 111 Å². The standard InChI is InChI=1S/C65H101ClF3N11O11/c1-15-41(6)55-61(89)75(10)37-53(83)73(8)38-54(84)78(13)50(35-43-22-17-16-18-23-43)60(88)74(9)36-51(81)70-47(28-26-44-25-27-45(46(66)34-44)65(67,68)69)59(87)80-31-21-24-48(80)58(86)72-64(29-19-20-30-64)63(91)79(14)56(40(4)5)62(90)76(11)42(7)33-52(82)77(12)49(32-39(2)3)57(85)71-55/h25,27,34,39-43,47-50,55-56H,15-24,26,28-33,35-38H2,1-14H3,(H,70,81)(H,71,85)(H,72,86)/t41-,42+,47-,48-,49-,50-,55-,56-/m0/s1. The maximum absolute atomic E-state index is 15.1. The molecule has 1 aromatic rings. The van der Waals surface area contributed by atoms with E-state index in [1.54, 1.807) is 27.7 Å². The molecule has 1 aromatic carbocycles. The molecule has 1 spiro atoms. The van der Waals surface area contributed by atoms with E-state index in [4.69, 9.17) is 11.6 Å². The second kappa shape index (κ2) is 32.8. The minimum Gasteiger partial charge on any atom is -0.343 e. The fourth-order valence-corrected chi connectivity index (χ4v) is 13.5. The molecule has 3 N–H and O–H groups in total. The summed E-state index contributed by atoms with van der Waals surface area (Å²) < 4.78 is 41.3. The molecule has 2 heterocycles. The van der Waals surface area contributed by atoms with Gasteiger partial charge >= 0.3 is 6.18 Å². The zero-order chi connectivity index (χ0) is 68.1. The van der Waals surface area contributed by atoms with E-state index in [1.807, 2.05) is 20.8 Å². The number of benzene rings is 1. The van der Waals surface area contributed by atoms with Gasteiger partial charge in [-0.15, -0.1) is 0 Å². The van der Waals surface area contributed by atoms with Crippen LogP contribution in [0.1, 0.15) is 162 Å². The molecule has 8 atom stereocenters. The van der Waals surface area contributed by atoms with E-state index in [0.717, 1.165) is 58.9 Å². The normalized spacial score (nSPS) is 26.3. The fourth-order valence-electron chi connectivity index (χ4n) is 13.2. The molecular weight excluding hydrogens is 1200 g/mol. The summed E-state index contributed by atoms with van der Waals surface area (Å²) in [5.41, 5.74) is -2.25. The maximum atomic E-state index is 15.1. The van der Waals surface area contributed by atoms with Gasteiger partial charge in [-0.05, 0) is 99.7 Å². The van der Waals surface area contributed by atoms with E-state index in [1.165, 1.54) is 79.9 Å². The Morgan fingerprint density at radius 3 is 1.84 bits per heavy atom. The topological polar surface area (TPSA) is 250 Å². The van der Waals surface area contributed by atoms with Crippen LogP contribution in [-0.4, -0.2) is 228 Å². The average molecular weight is 1310 g/mol. The number of likely N-dealkylation sites (N-methyl/N-ethyl adjacent to an activating group) is 7. The lowest BCUT2D eigenvalue weighted by Crippen LogP contribution is -2.64. The number of aryl methyl sites for hydroxylation is 1. The first kappa shape index (κ1) is 75.2. The van der Waals surface area contributed by atoms with Gasteiger partial charge < -0.3 is 55.1 Å². The van der Waals surface area contributed by atoms with Crippen molar-refractivity contribution in [3.63, 3.8) is 0 Å². The van der Waals surface area contributed by atoms with Crippen molar-refractivity contribution in [3.8, 4) is 0 Å². The number of alkyl halides is 3. The van der Waals surface area contributed by atoms with Crippen LogP contribution in [0, 0.1) is 23.7 Å². The minimum absolute atomic E-state index is 0.0336. The molecule has 4 aliphatic rings. The number of fused-ring (bicyclic) bond motifs is 1. The Morgan fingerprint density at radius 1 is 0.648 bits per heavy atom. The smallest absolute Gasteiger partial charge is 0.343 e. The second-order valence-electron chi connectivity index (χ2n) is 27.0. The number of hydrogen-bond donors (Lipinski definition) is 3. The van der Waals surface area contributed by atoms with Gasteiger partial charge in [-0.3, -0.25) is 52.7 Å². The Morgan fingerprint density at radius 2 is 1.25 bits per heavy atom. The van der Waals surface area contributed by atoms with E-state index in [-0.39, 0.29) is 69.7 Å². The van der Waals surface area contributed by atoms with Crippen molar-refractivity contribution in [2.45, 2.75) is 212 Å². The van der Waals surface area contributed by atoms with E-state index in [9.17, 15) is 56.3 Å². The highest BCUT2D eigenvalue weighted by molar-refractivity contribution is 6.31. The van der Waals surface area contributed by atoms with Gasteiger partial charge in [0.25, 0.3) is 0 Å². The SMILES string of the molecule is CC[C@H](C)[C@@H]1NC(=O)[C@H](CC(C)C)N(C)C(=O)C[C@@H](C)N(C)C(=O)[C@H](C(C)C)N(C)C(=O)C2(CCCC2)NC(=O)[C@@H]2CCCN2C(=O)[C@H](CCc2ccc(C(F)(F)F)c(Cl)c2)NC(=O)CN(C)C(=O)[C@H](CC2CCCCC2)N(C)C(=O)CN(C)C(=O)CN(C)C1=O. The number of carbonyl (C=O) groups excluding carboxylic acids is 11. The van der Waals surface area contributed by atoms with Crippen LogP contribution < -0.4 is 16.0 Å². The van der Waals surface area contributed by atoms with Gasteiger partial charge in [-0.25, -0.2) is 0 Å². The summed E-state index contributed by atoms with van der Waals surface area (Å²) >= 11 is 6.12. The van der Waals surface area contributed by atoms with Crippen molar-refractivity contribution in [1.82, 2.24) is 55.1 Å². The number of nitrogens with zero attached hydrogens (tertiary/aromatic N) is 8. The lowest BCUT2D eigenvalue weighted by molar-refractivity contribution is -0.152. The third-order valence-electron chi connectivity index (χ3n) is 19.2. The van der Waals surface area contributed by atoms with Gasteiger partial charge in [0.1, 0.15) is 41.8 Å². The summed E-state index contributed by atoms with van der Waals surface area (Å²) in [5.74, 6) is -7.67. The molecular formula is C65H101ClF3N11O11. The number of rotatable bonds is 10. The lowest BCUT2D eigenvalue weighted by atomic mass is 9.84. The van der Waals surface area contributed by atoms with Crippen molar-refractivity contribution in [3.05, 3.63) is 34.3 Å². The summed E-state index contributed by atoms with van der Waals surface area (Å²) in [7, 11) is 10.1. The van der Waals surface area contributed by atoms with Crippen molar-refractivity contribution < 1.29 is 65.9 Å². The van der Waals surface area contributed by atoms with Gasteiger partial charge in [0, 0.05) is 68.3 Å². The van der Waals surface area contributed by atoms with Crippen molar-refractivity contribution >= 4 is 76.6 Å². The molecule has 4 fully saturated rings.